The third kappa shape index (κ3) is 2.80. The molecule has 0 saturated carbocycles. The molecule has 5 nitrogen and oxygen atoms in total. The molecule has 0 spiro atoms. The maximum atomic E-state index is 12.4. The van der Waals surface area contributed by atoms with Crippen LogP contribution in [0.4, 0.5) is 37.7 Å². The van der Waals surface area contributed by atoms with E-state index < -0.39 is 46.7 Å². The van der Waals surface area contributed by atoms with Gasteiger partial charge in [-0.2, -0.15) is 13.2 Å². The van der Waals surface area contributed by atoms with E-state index in [2.05, 4.69) is 4.74 Å². The Morgan fingerprint density at radius 3 is 1.47 bits per heavy atom. The van der Waals surface area contributed by atoms with Crippen molar-refractivity contribution in [1.82, 2.24) is 0 Å². The van der Waals surface area contributed by atoms with Gasteiger partial charge >= 0.3 is 12.5 Å². The highest BCUT2D eigenvalue weighted by Gasteiger charge is 2.42. The van der Waals surface area contributed by atoms with Gasteiger partial charge in [-0.15, -0.1) is 13.2 Å². The Morgan fingerprint density at radius 2 is 1.21 bits per heavy atom. The predicted molar refractivity (Wildman–Crippen MR) is 50.3 cm³/mol. The van der Waals surface area contributed by atoms with Crippen molar-refractivity contribution in [2.45, 2.75) is 12.5 Å². The monoisotopic (exact) mass is 292 g/mol. The Balaban J connectivity index is 3.57. The summed E-state index contributed by atoms with van der Waals surface area (Å²) < 4.78 is 76.5. The van der Waals surface area contributed by atoms with Gasteiger partial charge in [0.2, 0.25) is 0 Å². The number of hydrogen-bond donors (Lipinski definition) is 4. The molecule has 0 bridgehead atoms. The van der Waals surface area contributed by atoms with Crippen LogP contribution < -0.4 is 16.2 Å². The van der Waals surface area contributed by atoms with E-state index in [1.807, 2.05) is 0 Å². The van der Waals surface area contributed by atoms with Crippen LogP contribution in [-0.4, -0.2) is 16.6 Å². The number of benzene rings is 1. The van der Waals surface area contributed by atoms with Crippen molar-refractivity contribution in [2.24, 2.45) is 0 Å². The van der Waals surface area contributed by atoms with Gasteiger partial charge in [-0.05, 0) is 0 Å². The first-order valence-electron chi connectivity index (χ1n) is 4.32. The molecule has 0 aliphatic heterocycles. The molecule has 0 heterocycles. The predicted octanol–water partition coefficient (Wildman–Crippen LogP) is 2.18. The Labute approximate surface area is 101 Å². The van der Waals surface area contributed by atoms with Crippen molar-refractivity contribution in [3.05, 3.63) is 5.56 Å². The summed E-state index contributed by atoms with van der Waals surface area (Å²) in [5, 5.41) is 18.2. The molecule has 0 amide bonds. The first kappa shape index (κ1) is 14.9. The molecule has 6 N–H and O–H groups in total. The van der Waals surface area contributed by atoms with Crippen molar-refractivity contribution in [3.63, 3.8) is 0 Å². The van der Waals surface area contributed by atoms with E-state index in [0.717, 1.165) is 0 Å². The number of anilines is 2. The van der Waals surface area contributed by atoms with Crippen LogP contribution in [0.15, 0.2) is 0 Å². The third-order valence-corrected chi connectivity index (χ3v) is 1.97. The van der Waals surface area contributed by atoms with Crippen molar-refractivity contribution in [1.29, 1.82) is 0 Å². The first-order valence-corrected chi connectivity index (χ1v) is 4.32. The molecule has 108 valence electrons. The van der Waals surface area contributed by atoms with Crippen LogP contribution in [0.3, 0.4) is 0 Å². The van der Waals surface area contributed by atoms with Gasteiger partial charge in [0, 0.05) is 0 Å². The van der Waals surface area contributed by atoms with Crippen LogP contribution >= 0.6 is 0 Å². The van der Waals surface area contributed by atoms with Crippen LogP contribution in [0.2, 0.25) is 0 Å². The fraction of sp³-hybridized carbons (Fsp3) is 0.250. The third-order valence-electron chi connectivity index (χ3n) is 1.97. The second-order valence-electron chi connectivity index (χ2n) is 3.27. The molecular weight excluding hydrogens is 286 g/mol. The minimum atomic E-state index is -5.32. The lowest BCUT2D eigenvalue weighted by Gasteiger charge is -2.19. The van der Waals surface area contributed by atoms with Gasteiger partial charge in [0.15, 0.2) is 17.2 Å². The number of nitrogens with two attached hydrogens (primary N) is 2. The van der Waals surface area contributed by atoms with E-state index in [-0.39, 0.29) is 0 Å². The summed E-state index contributed by atoms with van der Waals surface area (Å²) >= 11 is 0. The minimum Gasteiger partial charge on any atom is -0.505 e. The maximum Gasteiger partial charge on any atom is 0.573 e. The Hall–Kier alpha value is -2.20. The van der Waals surface area contributed by atoms with E-state index in [4.69, 9.17) is 21.7 Å². The number of phenols is 2. The van der Waals surface area contributed by atoms with Crippen LogP contribution in [0.1, 0.15) is 5.56 Å². The van der Waals surface area contributed by atoms with E-state index in [9.17, 15) is 26.3 Å². The van der Waals surface area contributed by atoms with Crippen LogP contribution in [0, 0.1) is 0 Å². The molecule has 11 heteroatoms. The Morgan fingerprint density at radius 1 is 0.842 bits per heavy atom. The highest BCUT2D eigenvalue weighted by molar-refractivity contribution is 5.81. The van der Waals surface area contributed by atoms with E-state index >= 15 is 0 Å². The van der Waals surface area contributed by atoms with Crippen LogP contribution in [0.25, 0.3) is 0 Å². The summed E-state index contributed by atoms with van der Waals surface area (Å²) in [4.78, 5) is 0. The van der Waals surface area contributed by atoms with Gasteiger partial charge in [0.05, 0.1) is 0 Å². The molecule has 0 atom stereocenters. The van der Waals surface area contributed by atoms with Crippen molar-refractivity contribution >= 4 is 11.4 Å². The summed E-state index contributed by atoms with van der Waals surface area (Å²) in [6.45, 7) is 0. The zero-order chi connectivity index (χ0) is 15.2. The average Bonchev–Trinajstić information content (AvgIpc) is 2.18. The fourth-order valence-corrected chi connectivity index (χ4v) is 1.24. The number of nitrogen functional groups attached to an aromatic ring is 2. The largest absolute Gasteiger partial charge is 0.573 e. The topological polar surface area (TPSA) is 102 Å². The van der Waals surface area contributed by atoms with Crippen LogP contribution in [-0.2, 0) is 6.18 Å². The molecule has 19 heavy (non-hydrogen) atoms. The second-order valence-corrected chi connectivity index (χ2v) is 3.27. The van der Waals surface area contributed by atoms with Gasteiger partial charge in [0.25, 0.3) is 0 Å². The second kappa shape index (κ2) is 4.17. The molecule has 0 aromatic heterocycles. The number of ether oxygens (including phenoxy) is 1. The summed E-state index contributed by atoms with van der Waals surface area (Å²) in [7, 11) is 0. The highest BCUT2D eigenvalue weighted by atomic mass is 19.4. The van der Waals surface area contributed by atoms with Crippen molar-refractivity contribution in [3.8, 4) is 17.2 Å². The number of phenolic OH excluding ortho intramolecular Hbond substituents is 2. The number of alkyl halides is 6. The van der Waals surface area contributed by atoms with Crippen molar-refractivity contribution < 1.29 is 41.3 Å². The summed E-state index contributed by atoms with van der Waals surface area (Å²) in [5.41, 5.74) is 4.96. The van der Waals surface area contributed by atoms with E-state index in [1.54, 1.807) is 0 Å². The molecular formula is C8H6F6N2O3. The molecule has 1 aromatic rings. The summed E-state index contributed by atoms with van der Waals surface area (Å²) in [5.74, 6) is -5.12. The first-order chi connectivity index (χ1) is 8.36. The zero-order valence-electron chi connectivity index (χ0n) is 8.73. The lowest BCUT2D eigenvalue weighted by atomic mass is 10.1. The van der Waals surface area contributed by atoms with Gasteiger partial charge in [-0.3, -0.25) is 0 Å². The summed E-state index contributed by atoms with van der Waals surface area (Å²) in [6.07, 6.45) is -10.6. The van der Waals surface area contributed by atoms with Gasteiger partial charge in [-0.25, -0.2) is 0 Å². The number of hydrogen-bond acceptors (Lipinski definition) is 5. The maximum absolute atomic E-state index is 12.4. The van der Waals surface area contributed by atoms with E-state index in [1.165, 1.54) is 0 Å². The van der Waals surface area contributed by atoms with Crippen LogP contribution in [0.5, 0.6) is 17.2 Å². The van der Waals surface area contributed by atoms with Crippen molar-refractivity contribution in [2.75, 3.05) is 11.5 Å². The highest BCUT2D eigenvalue weighted by Crippen LogP contribution is 2.53. The van der Waals surface area contributed by atoms with Gasteiger partial charge in [-0.1, -0.05) is 0 Å². The lowest BCUT2D eigenvalue weighted by molar-refractivity contribution is -0.274. The number of halogens is 6. The quantitative estimate of drug-likeness (QED) is 0.275. The standard InChI is InChI=1S/C8H6F6N2O3/c9-7(10,11)1-4(17)2(15)6(3(16)5(1)18)19-8(12,13)14/h17-18H,15-16H2. The van der Waals surface area contributed by atoms with Gasteiger partial charge < -0.3 is 26.4 Å². The lowest BCUT2D eigenvalue weighted by Crippen LogP contribution is -2.20. The number of aromatic hydroxyl groups is 2. The Bertz CT molecular complexity index is 482. The molecule has 0 aliphatic rings. The molecule has 1 aromatic carbocycles. The molecule has 0 radical (unpaired) electrons. The molecule has 1 rings (SSSR count). The smallest absolute Gasteiger partial charge is 0.505 e. The minimum absolute atomic E-state index is 1.39. The fourth-order valence-electron chi connectivity index (χ4n) is 1.24. The SMILES string of the molecule is Nc1c(O)c(C(F)(F)F)c(O)c(N)c1OC(F)(F)F. The molecule has 0 fully saturated rings. The molecule has 0 aliphatic carbocycles. The summed E-state index contributed by atoms with van der Waals surface area (Å²) in [6, 6.07) is 0. The average molecular weight is 292 g/mol. The molecule has 0 saturated heterocycles. The van der Waals surface area contributed by atoms with Gasteiger partial charge in [0.1, 0.15) is 16.9 Å². The zero-order valence-corrected chi connectivity index (χ0v) is 8.73. The molecule has 0 unspecified atom stereocenters. The van der Waals surface area contributed by atoms with E-state index in [0.29, 0.717) is 0 Å². The number of rotatable bonds is 1. The Kier molecular flexibility index (Phi) is 3.26. The normalized spacial score (nSPS) is 12.5.